The zero-order valence-corrected chi connectivity index (χ0v) is 12.5. The van der Waals surface area contributed by atoms with Crippen molar-refractivity contribution in [1.29, 1.82) is 5.26 Å². The predicted molar refractivity (Wildman–Crippen MR) is 79.4 cm³/mol. The molecule has 0 aromatic carbocycles. The Hall–Kier alpha value is -2.52. The maximum absolute atomic E-state index is 11.9. The Kier molecular flexibility index (Phi) is 3.98. The van der Waals surface area contributed by atoms with Gasteiger partial charge in [-0.2, -0.15) is 10.2 Å². The summed E-state index contributed by atoms with van der Waals surface area (Å²) in [6, 6.07) is 1.94. The number of anilines is 1. The van der Waals surface area contributed by atoms with Crippen molar-refractivity contribution in [3.05, 3.63) is 16.7 Å². The van der Waals surface area contributed by atoms with Crippen LogP contribution in [0.4, 0.5) is 5.95 Å². The second kappa shape index (κ2) is 5.84. The Morgan fingerprint density at radius 3 is 2.92 bits per heavy atom. The molecule has 1 fully saturated rings. The number of aliphatic hydroxyl groups is 3. The number of nitriles is 1. The van der Waals surface area contributed by atoms with Gasteiger partial charge in [-0.3, -0.25) is 14.3 Å². The third kappa shape index (κ3) is 2.24. The van der Waals surface area contributed by atoms with E-state index >= 15 is 0 Å². The van der Waals surface area contributed by atoms with E-state index in [2.05, 4.69) is 15.0 Å². The number of imidazole rings is 1. The van der Waals surface area contributed by atoms with Crippen LogP contribution < -0.4 is 11.3 Å². The Morgan fingerprint density at radius 2 is 2.29 bits per heavy atom. The van der Waals surface area contributed by atoms with E-state index in [-0.39, 0.29) is 30.0 Å². The summed E-state index contributed by atoms with van der Waals surface area (Å²) in [5.41, 5.74) is 3.39. The Balaban J connectivity index is 2.21. The van der Waals surface area contributed by atoms with E-state index in [0.29, 0.717) is 0 Å². The summed E-state index contributed by atoms with van der Waals surface area (Å²) < 4.78 is 6.96. The molecule has 24 heavy (non-hydrogen) atoms. The molecule has 0 amide bonds. The van der Waals surface area contributed by atoms with Gasteiger partial charge in [0.15, 0.2) is 16.9 Å². The molecule has 6 N–H and O–H groups in total. The molecule has 4 atom stereocenters. The van der Waals surface area contributed by atoms with Crippen molar-refractivity contribution in [2.45, 2.75) is 36.9 Å². The lowest BCUT2D eigenvalue weighted by atomic mass is 9.97. The van der Waals surface area contributed by atoms with Gasteiger partial charge in [-0.25, -0.2) is 4.98 Å². The van der Waals surface area contributed by atoms with Crippen LogP contribution in [0.2, 0.25) is 0 Å². The molecule has 3 rings (SSSR count). The molecule has 128 valence electrons. The second-order valence-corrected chi connectivity index (χ2v) is 5.52. The number of aromatic amines is 1. The second-order valence-electron chi connectivity index (χ2n) is 5.52. The smallest absolute Gasteiger partial charge is 0.280 e. The number of aliphatic hydroxyl groups excluding tert-OH is 3. The third-order valence-electron chi connectivity index (χ3n) is 4.13. The quantitative estimate of drug-likeness (QED) is 0.412. The Labute approximate surface area is 134 Å². The largest absolute Gasteiger partial charge is 0.394 e. The van der Waals surface area contributed by atoms with Gasteiger partial charge in [0.1, 0.15) is 18.3 Å². The minimum atomic E-state index is -1.61. The molecule has 0 aliphatic carbocycles. The number of fused-ring (bicyclic) bond motifs is 1. The number of rotatable bonds is 4. The molecule has 0 saturated carbocycles. The van der Waals surface area contributed by atoms with Gasteiger partial charge in [0.25, 0.3) is 5.56 Å². The van der Waals surface area contributed by atoms with E-state index in [1.165, 1.54) is 10.9 Å². The van der Waals surface area contributed by atoms with Gasteiger partial charge in [-0.05, 0) is 0 Å². The predicted octanol–water partition coefficient (Wildman–Crippen LogP) is -2.23. The minimum absolute atomic E-state index is 0.0136. The molecular weight excluding hydrogens is 320 g/mol. The summed E-state index contributed by atoms with van der Waals surface area (Å²) in [5.74, 6) is -0.156. The molecule has 0 spiro atoms. The molecule has 11 heteroatoms. The monoisotopic (exact) mass is 336 g/mol. The first-order chi connectivity index (χ1) is 11.4. The van der Waals surface area contributed by atoms with Crippen LogP contribution in [0.25, 0.3) is 11.2 Å². The first-order valence-electron chi connectivity index (χ1n) is 7.19. The molecule has 3 heterocycles. The molecule has 1 aliphatic rings. The average molecular weight is 336 g/mol. The average Bonchev–Trinajstić information content (AvgIpc) is 3.08. The summed E-state index contributed by atoms with van der Waals surface area (Å²) in [4.78, 5) is 22.2. The van der Waals surface area contributed by atoms with Crippen molar-refractivity contribution in [3.8, 4) is 6.07 Å². The van der Waals surface area contributed by atoms with Gasteiger partial charge >= 0.3 is 0 Å². The zero-order chi connectivity index (χ0) is 17.5. The zero-order valence-electron chi connectivity index (χ0n) is 12.5. The topological polar surface area (TPSA) is 183 Å². The van der Waals surface area contributed by atoms with Crippen LogP contribution in [0, 0.1) is 11.3 Å². The van der Waals surface area contributed by atoms with Crippen LogP contribution in [0.15, 0.2) is 11.1 Å². The summed E-state index contributed by atoms with van der Waals surface area (Å²) >= 11 is 0. The summed E-state index contributed by atoms with van der Waals surface area (Å²) in [6.07, 6.45) is -2.72. The fraction of sp³-hybridized carbons (Fsp3) is 0.538. The van der Waals surface area contributed by atoms with Crippen LogP contribution in [-0.2, 0) is 10.5 Å². The van der Waals surface area contributed by atoms with Crippen molar-refractivity contribution in [1.82, 2.24) is 19.5 Å². The highest BCUT2D eigenvalue weighted by molar-refractivity contribution is 5.70. The van der Waals surface area contributed by atoms with Crippen molar-refractivity contribution < 1.29 is 20.1 Å². The van der Waals surface area contributed by atoms with E-state index < -0.39 is 36.2 Å². The van der Waals surface area contributed by atoms with E-state index in [4.69, 9.17) is 15.7 Å². The van der Waals surface area contributed by atoms with Gasteiger partial charge in [0.2, 0.25) is 5.95 Å². The number of aromatic nitrogens is 4. The summed E-state index contributed by atoms with van der Waals surface area (Å²) in [5, 5.41) is 38.9. The van der Waals surface area contributed by atoms with Crippen molar-refractivity contribution >= 4 is 17.1 Å². The van der Waals surface area contributed by atoms with Crippen molar-refractivity contribution in [2.24, 2.45) is 0 Å². The maximum atomic E-state index is 11.9. The first-order valence-corrected chi connectivity index (χ1v) is 7.19. The number of nitrogens with one attached hydrogen (secondary N) is 1. The molecule has 1 aliphatic heterocycles. The molecule has 2 aromatic heterocycles. The lowest BCUT2D eigenvalue weighted by molar-refractivity contribution is -0.149. The SMILES string of the molecule is N#CCC[C@@]1(n2cnc3c(=O)[nH]c(N)nc32)O[C@H](CO)[C@@H](O)[C@H]1O. The van der Waals surface area contributed by atoms with E-state index in [1.54, 1.807) is 0 Å². The Morgan fingerprint density at radius 1 is 1.54 bits per heavy atom. The Bertz CT molecular complexity index is 857. The third-order valence-corrected chi connectivity index (χ3v) is 4.13. The van der Waals surface area contributed by atoms with Gasteiger partial charge in [0.05, 0.1) is 19.0 Å². The van der Waals surface area contributed by atoms with Crippen LogP contribution in [0.3, 0.4) is 0 Å². The number of hydrogen-bond acceptors (Lipinski definition) is 9. The van der Waals surface area contributed by atoms with Gasteiger partial charge in [-0.15, -0.1) is 0 Å². The molecular formula is C13H16N6O5. The minimum Gasteiger partial charge on any atom is -0.394 e. The highest BCUT2D eigenvalue weighted by atomic mass is 16.6. The van der Waals surface area contributed by atoms with Crippen molar-refractivity contribution in [3.63, 3.8) is 0 Å². The van der Waals surface area contributed by atoms with Gasteiger partial charge in [0, 0.05) is 12.8 Å². The standard InChI is InChI=1S/C13H16N6O5/c14-3-1-2-13(9(22)8(21)6(4-20)24-13)19-5-16-7-10(19)17-12(15)18-11(7)23/h5-6,8-9,20-22H,1-2,4H2,(H3,15,17,18,23)/t6-,8-,9-,13-/m1/s1. The molecule has 2 aromatic rings. The number of nitrogens with zero attached hydrogens (tertiary/aromatic N) is 4. The highest BCUT2D eigenvalue weighted by Gasteiger charge is 2.55. The van der Waals surface area contributed by atoms with Crippen LogP contribution in [0.1, 0.15) is 12.8 Å². The molecule has 0 bridgehead atoms. The fourth-order valence-corrected chi connectivity index (χ4v) is 2.98. The van der Waals surface area contributed by atoms with E-state index in [9.17, 15) is 20.1 Å². The van der Waals surface area contributed by atoms with Crippen LogP contribution in [0.5, 0.6) is 0 Å². The normalized spacial score (nSPS) is 29.8. The maximum Gasteiger partial charge on any atom is 0.280 e. The molecule has 0 unspecified atom stereocenters. The number of hydrogen-bond donors (Lipinski definition) is 5. The lowest BCUT2D eigenvalue weighted by Crippen LogP contribution is -2.45. The molecule has 1 saturated heterocycles. The number of H-pyrrole nitrogens is 1. The number of nitrogens with two attached hydrogens (primary N) is 1. The first kappa shape index (κ1) is 16.3. The molecule has 0 radical (unpaired) electrons. The van der Waals surface area contributed by atoms with Crippen molar-refractivity contribution in [2.75, 3.05) is 12.3 Å². The van der Waals surface area contributed by atoms with E-state index in [0.717, 1.165) is 0 Å². The summed E-state index contributed by atoms with van der Waals surface area (Å²) in [7, 11) is 0. The van der Waals surface area contributed by atoms with Gasteiger partial charge in [-0.1, -0.05) is 0 Å². The fourth-order valence-electron chi connectivity index (χ4n) is 2.98. The van der Waals surface area contributed by atoms with E-state index in [1.807, 2.05) is 6.07 Å². The van der Waals surface area contributed by atoms with Crippen LogP contribution in [-0.4, -0.2) is 59.8 Å². The lowest BCUT2D eigenvalue weighted by Gasteiger charge is -2.33. The van der Waals surface area contributed by atoms with Gasteiger partial charge < -0.3 is 25.8 Å². The summed E-state index contributed by atoms with van der Waals surface area (Å²) in [6.45, 7) is -0.532. The highest BCUT2D eigenvalue weighted by Crippen LogP contribution is 2.40. The van der Waals surface area contributed by atoms with Crippen LogP contribution >= 0.6 is 0 Å². The molecule has 11 nitrogen and oxygen atoms in total. The number of nitrogen functional groups attached to an aromatic ring is 1. The number of ether oxygens (including phenoxy) is 1.